The minimum absolute atomic E-state index is 0.611. The largest absolute Gasteiger partial charge is 0.316 e. The van der Waals surface area contributed by atoms with Crippen LogP contribution in [0, 0.1) is 5.92 Å². The average Bonchev–Trinajstić information content (AvgIpc) is 2.34. The second-order valence-electron chi connectivity index (χ2n) is 3.22. The molecule has 0 spiro atoms. The fourth-order valence-electron chi connectivity index (χ4n) is 1.43. The Morgan fingerprint density at radius 2 is 2.50 bits per heavy atom. The molecule has 60 valence electrons. The van der Waals surface area contributed by atoms with Gasteiger partial charge in [0.2, 0.25) is 0 Å². The molecule has 10 heavy (non-hydrogen) atoms. The first-order valence-corrected chi connectivity index (χ1v) is 4.14. The minimum atomic E-state index is -0.611. The van der Waals surface area contributed by atoms with Gasteiger partial charge in [-0.25, -0.2) is 4.39 Å². The van der Waals surface area contributed by atoms with Crippen molar-refractivity contribution in [3.8, 4) is 0 Å². The fraction of sp³-hybridized carbons (Fsp3) is 1.00. The first kappa shape index (κ1) is 7.99. The van der Waals surface area contributed by atoms with Crippen molar-refractivity contribution < 1.29 is 4.39 Å². The van der Waals surface area contributed by atoms with Gasteiger partial charge in [0.15, 0.2) is 0 Å². The number of nitrogens with one attached hydrogen (secondary N) is 1. The predicted octanol–water partition coefficient (Wildman–Crippen LogP) is 1.73. The first-order valence-electron chi connectivity index (χ1n) is 4.14. The molecule has 0 bridgehead atoms. The quantitative estimate of drug-likeness (QED) is 0.637. The van der Waals surface area contributed by atoms with Crippen LogP contribution in [-0.4, -0.2) is 19.3 Å². The summed E-state index contributed by atoms with van der Waals surface area (Å²) in [6.07, 6.45) is 2.43. The Morgan fingerprint density at radius 3 is 3.00 bits per heavy atom. The zero-order chi connectivity index (χ0) is 7.40. The van der Waals surface area contributed by atoms with Crippen LogP contribution in [-0.2, 0) is 0 Å². The third kappa shape index (κ3) is 2.65. The summed E-state index contributed by atoms with van der Waals surface area (Å²) in [6, 6.07) is 0. The van der Waals surface area contributed by atoms with Gasteiger partial charge in [-0.2, -0.15) is 0 Å². The first-order chi connectivity index (χ1) is 4.79. The van der Waals surface area contributed by atoms with Gasteiger partial charge in [-0.15, -0.1) is 0 Å². The van der Waals surface area contributed by atoms with Crippen LogP contribution in [0.4, 0.5) is 4.39 Å². The van der Waals surface area contributed by atoms with Crippen LogP contribution in [0.25, 0.3) is 0 Å². The standard InChI is InChI=1S/C8H16FN/c1-7(9)2-3-8-4-5-10-6-8/h7-8,10H,2-6H2,1H3. The summed E-state index contributed by atoms with van der Waals surface area (Å²) in [5.41, 5.74) is 0. The average molecular weight is 145 g/mol. The lowest BCUT2D eigenvalue weighted by molar-refractivity contribution is 0.313. The summed E-state index contributed by atoms with van der Waals surface area (Å²) < 4.78 is 12.3. The van der Waals surface area contributed by atoms with Gasteiger partial charge in [-0.1, -0.05) is 0 Å². The molecule has 0 saturated carbocycles. The minimum Gasteiger partial charge on any atom is -0.316 e. The smallest absolute Gasteiger partial charge is 0.0973 e. The van der Waals surface area contributed by atoms with Crippen molar-refractivity contribution in [2.24, 2.45) is 5.92 Å². The molecule has 0 aromatic rings. The molecule has 0 radical (unpaired) electrons. The van der Waals surface area contributed by atoms with E-state index in [1.54, 1.807) is 6.92 Å². The normalized spacial score (nSPS) is 28.8. The molecule has 2 atom stereocenters. The molecule has 2 unspecified atom stereocenters. The molecule has 0 aromatic heterocycles. The molecule has 1 aliphatic heterocycles. The van der Waals surface area contributed by atoms with E-state index in [-0.39, 0.29) is 0 Å². The van der Waals surface area contributed by atoms with Gasteiger partial charge in [0.1, 0.15) is 0 Å². The molecule has 2 heteroatoms. The maximum absolute atomic E-state index is 12.3. The number of alkyl halides is 1. The second kappa shape index (κ2) is 3.91. The summed E-state index contributed by atoms with van der Waals surface area (Å²) in [6.45, 7) is 3.88. The molecule has 1 N–H and O–H groups in total. The van der Waals surface area contributed by atoms with Crippen molar-refractivity contribution in [3.05, 3.63) is 0 Å². The highest BCUT2D eigenvalue weighted by atomic mass is 19.1. The van der Waals surface area contributed by atoms with Gasteiger partial charge in [0, 0.05) is 0 Å². The topological polar surface area (TPSA) is 12.0 Å². The van der Waals surface area contributed by atoms with Crippen molar-refractivity contribution in [2.45, 2.75) is 32.4 Å². The lowest BCUT2D eigenvalue weighted by Crippen LogP contribution is -2.09. The van der Waals surface area contributed by atoms with Crippen LogP contribution in [0.15, 0.2) is 0 Å². The van der Waals surface area contributed by atoms with E-state index in [2.05, 4.69) is 5.32 Å². The van der Waals surface area contributed by atoms with E-state index >= 15 is 0 Å². The molecule has 1 saturated heterocycles. The van der Waals surface area contributed by atoms with E-state index in [1.807, 2.05) is 0 Å². The molecule has 1 nitrogen and oxygen atoms in total. The van der Waals surface area contributed by atoms with Gasteiger partial charge in [-0.3, -0.25) is 0 Å². The Morgan fingerprint density at radius 1 is 1.70 bits per heavy atom. The van der Waals surface area contributed by atoms with Crippen molar-refractivity contribution in [3.63, 3.8) is 0 Å². The summed E-state index contributed by atoms with van der Waals surface area (Å²) in [5, 5.41) is 3.27. The van der Waals surface area contributed by atoms with Crippen LogP contribution >= 0.6 is 0 Å². The highest BCUT2D eigenvalue weighted by Gasteiger charge is 2.14. The lowest BCUT2D eigenvalue weighted by atomic mass is 10.0. The summed E-state index contributed by atoms with van der Waals surface area (Å²) >= 11 is 0. The number of hydrogen-bond donors (Lipinski definition) is 1. The van der Waals surface area contributed by atoms with Gasteiger partial charge in [0.25, 0.3) is 0 Å². The van der Waals surface area contributed by atoms with Crippen LogP contribution in [0.3, 0.4) is 0 Å². The Balaban J connectivity index is 2.01. The fourth-order valence-corrected chi connectivity index (χ4v) is 1.43. The predicted molar refractivity (Wildman–Crippen MR) is 40.8 cm³/mol. The molecule has 1 fully saturated rings. The molecule has 1 heterocycles. The molecule has 0 aromatic carbocycles. The van der Waals surface area contributed by atoms with Gasteiger partial charge in [-0.05, 0) is 45.2 Å². The van der Waals surface area contributed by atoms with E-state index in [1.165, 1.54) is 6.42 Å². The molecule has 1 aliphatic rings. The molecule has 0 amide bonds. The van der Waals surface area contributed by atoms with E-state index in [0.29, 0.717) is 0 Å². The van der Waals surface area contributed by atoms with E-state index in [9.17, 15) is 4.39 Å². The van der Waals surface area contributed by atoms with Gasteiger partial charge in [0.05, 0.1) is 6.17 Å². The van der Waals surface area contributed by atoms with Crippen molar-refractivity contribution >= 4 is 0 Å². The number of halogens is 1. The number of rotatable bonds is 3. The third-order valence-electron chi connectivity index (χ3n) is 2.14. The van der Waals surface area contributed by atoms with E-state index in [4.69, 9.17) is 0 Å². The van der Waals surface area contributed by atoms with Crippen molar-refractivity contribution in [2.75, 3.05) is 13.1 Å². The van der Waals surface area contributed by atoms with Crippen molar-refractivity contribution in [1.82, 2.24) is 5.32 Å². The van der Waals surface area contributed by atoms with E-state index < -0.39 is 6.17 Å². The summed E-state index contributed by atoms with van der Waals surface area (Å²) in [7, 11) is 0. The van der Waals surface area contributed by atoms with E-state index in [0.717, 1.165) is 31.8 Å². The third-order valence-corrected chi connectivity index (χ3v) is 2.14. The Bertz CT molecular complexity index is 87.3. The Kier molecular flexibility index (Phi) is 3.13. The Labute approximate surface area is 62.0 Å². The molecule has 0 aliphatic carbocycles. The Hall–Kier alpha value is -0.110. The summed E-state index contributed by atoms with van der Waals surface area (Å²) in [5.74, 6) is 0.748. The van der Waals surface area contributed by atoms with Crippen molar-refractivity contribution in [1.29, 1.82) is 0 Å². The monoisotopic (exact) mass is 145 g/mol. The van der Waals surface area contributed by atoms with Crippen LogP contribution < -0.4 is 5.32 Å². The maximum atomic E-state index is 12.3. The lowest BCUT2D eigenvalue weighted by Gasteiger charge is -2.07. The molecular formula is C8H16FN. The SMILES string of the molecule is CC(F)CCC1CCNC1. The van der Waals surface area contributed by atoms with Gasteiger partial charge < -0.3 is 5.32 Å². The second-order valence-corrected chi connectivity index (χ2v) is 3.22. The highest BCUT2D eigenvalue weighted by Crippen LogP contribution is 2.16. The molecular weight excluding hydrogens is 129 g/mol. The number of hydrogen-bond acceptors (Lipinski definition) is 1. The zero-order valence-corrected chi connectivity index (χ0v) is 6.57. The summed E-state index contributed by atoms with van der Waals surface area (Å²) in [4.78, 5) is 0. The highest BCUT2D eigenvalue weighted by molar-refractivity contribution is 4.71. The maximum Gasteiger partial charge on any atom is 0.0973 e. The van der Waals surface area contributed by atoms with Gasteiger partial charge >= 0.3 is 0 Å². The van der Waals surface area contributed by atoms with Crippen LogP contribution in [0.2, 0.25) is 0 Å². The molecule has 1 rings (SSSR count). The van der Waals surface area contributed by atoms with Crippen LogP contribution in [0.5, 0.6) is 0 Å². The van der Waals surface area contributed by atoms with Crippen LogP contribution in [0.1, 0.15) is 26.2 Å². The zero-order valence-electron chi connectivity index (χ0n) is 6.57.